The van der Waals surface area contributed by atoms with Gasteiger partial charge in [-0.1, -0.05) is 12.1 Å². The maximum Gasteiger partial charge on any atom is 0.347 e. The molecular formula is C22H23F2NO4. The first-order valence-electron chi connectivity index (χ1n) is 9.44. The fourth-order valence-corrected chi connectivity index (χ4v) is 3.42. The van der Waals surface area contributed by atoms with Gasteiger partial charge in [-0.3, -0.25) is 4.79 Å². The molecule has 154 valence electrons. The molecule has 0 saturated carbocycles. The van der Waals surface area contributed by atoms with Crippen LogP contribution in [0.2, 0.25) is 0 Å². The Balaban J connectivity index is 1.66. The first kappa shape index (κ1) is 20.8. The van der Waals surface area contributed by atoms with Crippen molar-refractivity contribution >= 4 is 11.9 Å². The van der Waals surface area contributed by atoms with Crippen molar-refractivity contribution < 1.29 is 28.2 Å². The summed E-state index contributed by atoms with van der Waals surface area (Å²) in [5.41, 5.74) is -0.465. The van der Waals surface area contributed by atoms with Gasteiger partial charge in [0, 0.05) is 19.2 Å². The van der Waals surface area contributed by atoms with Gasteiger partial charge in [0.05, 0.1) is 5.56 Å². The number of carboxylic acid groups (broad SMARTS) is 1. The van der Waals surface area contributed by atoms with Gasteiger partial charge >= 0.3 is 5.97 Å². The third-order valence-electron chi connectivity index (χ3n) is 5.16. The van der Waals surface area contributed by atoms with Crippen molar-refractivity contribution in [2.24, 2.45) is 0 Å². The van der Waals surface area contributed by atoms with Gasteiger partial charge in [0.2, 0.25) is 0 Å². The molecule has 1 N–H and O–H groups in total. The van der Waals surface area contributed by atoms with Crippen LogP contribution in [0.15, 0.2) is 42.5 Å². The summed E-state index contributed by atoms with van der Waals surface area (Å²) in [6, 6.07) is 10.3. The van der Waals surface area contributed by atoms with Gasteiger partial charge in [-0.2, -0.15) is 0 Å². The molecule has 1 aliphatic heterocycles. The van der Waals surface area contributed by atoms with Crippen LogP contribution < -0.4 is 4.74 Å². The lowest BCUT2D eigenvalue weighted by Gasteiger charge is -2.32. The highest BCUT2D eigenvalue weighted by Crippen LogP contribution is 2.31. The molecule has 0 unspecified atom stereocenters. The van der Waals surface area contributed by atoms with Crippen molar-refractivity contribution in [3.8, 4) is 5.75 Å². The van der Waals surface area contributed by atoms with E-state index in [9.17, 15) is 23.5 Å². The Bertz CT molecular complexity index is 921. The van der Waals surface area contributed by atoms with Crippen molar-refractivity contribution in [1.29, 1.82) is 0 Å². The Morgan fingerprint density at radius 3 is 2.41 bits per heavy atom. The minimum absolute atomic E-state index is 0.129. The van der Waals surface area contributed by atoms with E-state index in [2.05, 4.69) is 0 Å². The molecule has 3 rings (SSSR count). The second kappa shape index (κ2) is 8.19. The van der Waals surface area contributed by atoms with Gasteiger partial charge in [0.25, 0.3) is 5.91 Å². The van der Waals surface area contributed by atoms with E-state index in [4.69, 9.17) is 4.74 Å². The molecule has 0 aromatic heterocycles. The lowest BCUT2D eigenvalue weighted by molar-refractivity contribution is -0.152. The molecule has 0 bridgehead atoms. The minimum atomic E-state index is -1.34. The van der Waals surface area contributed by atoms with E-state index in [0.29, 0.717) is 37.7 Å². The number of carbonyl (C=O) groups is 2. The number of amides is 1. The van der Waals surface area contributed by atoms with Crippen LogP contribution in [-0.4, -0.2) is 40.6 Å². The van der Waals surface area contributed by atoms with Crippen LogP contribution in [0.3, 0.4) is 0 Å². The van der Waals surface area contributed by atoms with Crippen molar-refractivity contribution in [2.45, 2.75) is 38.2 Å². The Labute approximate surface area is 167 Å². The van der Waals surface area contributed by atoms with E-state index >= 15 is 0 Å². The highest BCUT2D eigenvalue weighted by molar-refractivity contribution is 5.94. The van der Waals surface area contributed by atoms with Crippen LogP contribution >= 0.6 is 0 Å². The van der Waals surface area contributed by atoms with Gasteiger partial charge in [0.15, 0.2) is 5.60 Å². The molecule has 5 nitrogen and oxygen atoms in total. The van der Waals surface area contributed by atoms with Gasteiger partial charge in [-0.25, -0.2) is 13.6 Å². The van der Waals surface area contributed by atoms with E-state index in [1.54, 1.807) is 11.0 Å². The summed E-state index contributed by atoms with van der Waals surface area (Å²) in [5, 5.41) is 9.22. The largest absolute Gasteiger partial charge is 0.478 e. The van der Waals surface area contributed by atoms with Crippen molar-refractivity contribution in [1.82, 2.24) is 4.90 Å². The first-order valence-corrected chi connectivity index (χ1v) is 9.44. The number of benzene rings is 2. The number of hydrogen-bond donors (Lipinski definition) is 1. The Morgan fingerprint density at radius 2 is 1.79 bits per heavy atom. The predicted molar refractivity (Wildman–Crippen MR) is 103 cm³/mol. The van der Waals surface area contributed by atoms with Gasteiger partial charge in [-0.05, 0) is 62.4 Å². The zero-order valence-corrected chi connectivity index (χ0v) is 16.3. The van der Waals surface area contributed by atoms with E-state index in [-0.39, 0.29) is 11.5 Å². The van der Waals surface area contributed by atoms with Gasteiger partial charge in [0.1, 0.15) is 17.4 Å². The summed E-state index contributed by atoms with van der Waals surface area (Å²) in [7, 11) is 0. The Morgan fingerprint density at radius 1 is 1.10 bits per heavy atom. The summed E-state index contributed by atoms with van der Waals surface area (Å²) >= 11 is 0. The molecule has 0 spiro atoms. The summed E-state index contributed by atoms with van der Waals surface area (Å²) in [5.74, 6) is -2.42. The molecule has 7 heteroatoms. The molecule has 0 aliphatic carbocycles. The second-order valence-corrected chi connectivity index (χ2v) is 7.68. The molecule has 0 atom stereocenters. The average molecular weight is 403 g/mol. The number of carboxylic acids is 1. The number of hydrogen-bond acceptors (Lipinski definition) is 3. The van der Waals surface area contributed by atoms with Crippen LogP contribution in [0, 0.1) is 11.6 Å². The summed E-state index contributed by atoms with van der Waals surface area (Å²) in [6.45, 7) is 3.87. The molecule has 29 heavy (non-hydrogen) atoms. The maximum absolute atomic E-state index is 13.9. The number of halogens is 2. The number of likely N-dealkylation sites (tertiary alicyclic amines) is 1. The number of piperidine rings is 1. The first-order chi connectivity index (χ1) is 13.7. The van der Waals surface area contributed by atoms with Gasteiger partial charge in [-0.15, -0.1) is 0 Å². The summed E-state index contributed by atoms with van der Waals surface area (Å²) in [4.78, 5) is 25.4. The van der Waals surface area contributed by atoms with Crippen LogP contribution in [0.5, 0.6) is 5.75 Å². The minimum Gasteiger partial charge on any atom is -0.478 e. The molecule has 2 aromatic rings. The second-order valence-electron chi connectivity index (χ2n) is 7.68. The van der Waals surface area contributed by atoms with E-state index < -0.39 is 29.1 Å². The third kappa shape index (κ3) is 4.72. The van der Waals surface area contributed by atoms with Crippen LogP contribution in [0.4, 0.5) is 8.78 Å². The van der Waals surface area contributed by atoms with Crippen LogP contribution in [0.1, 0.15) is 48.5 Å². The van der Waals surface area contributed by atoms with Crippen molar-refractivity contribution in [2.75, 3.05) is 13.1 Å². The summed E-state index contributed by atoms with van der Waals surface area (Å²) < 4.78 is 32.6. The van der Waals surface area contributed by atoms with Gasteiger partial charge < -0.3 is 14.7 Å². The van der Waals surface area contributed by atoms with Crippen molar-refractivity contribution in [3.05, 3.63) is 65.2 Å². The van der Waals surface area contributed by atoms with Crippen molar-refractivity contribution in [3.63, 3.8) is 0 Å². The third-order valence-corrected chi connectivity index (χ3v) is 5.16. The Hall–Kier alpha value is -2.96. The normalized spacial score (nSPS) is 15.2. The monoisotopic (exact) mass is 403 g/mol. The fourth-order valence-electron chi connectivity index (χ4n) is 3.42. The van der Waals surface area contributed by atoms with Crippen LogP contribution in [-0.2, 0) is 4.79 Å². The molecule has 1 saturated heterocycles. The maximum atomic E-state index is 13.9. The molecule has 2 aromatic carbocycles. The summed E-state index contributed by atoms with van der Waals surface area (Å²) in [6.07, 6.45) is 1.36. The molecule has 1 amide bonds. The lowest BCUT2D eigenvalue weighted by Crippen LogP contribution is -2.38. The quantitative estimate of drug-likeness (QED) is 0.812. The lowest BCUT2D eigenvalue weighted by atomic mass is 9.89. The number of ether oxygens (including phenoxy) is 1. The molecular weight excluding hydrogens is 380 g/mol. The number of aliphatic carboxylic acids is 1. The SMILES string of the molecule is CC(C)(Oc1cccc(C2CCN(C(=O)c3ccc(F)cc3F)CC2)c1)C(=O)O. The average Bonchev–Trinajstić information content (AvgIpc) is 2.67. The van der Waals surface area contributed by atoms with Crippen LogP contribution in [0.25, 0.3) is 0 Å². The fraction of sp³-hybridized carbons (Fsp3) is 0.364. The van der Waals surface area contributed by atoms with E-state index in [1.807, 2.05) is 18.2 Å². The topological polar surface area (TPSA) is 66.8 Å². The number of rotatable bonds is 5. The number of carbonyl (C=O) groups excluding carboxylic acids is 1. The highest BCUT2D eigenvalue weighted by Gasteiger charge is 2.30. The standard InChI is InChI=1S/C22H23F2NO4/c1-22(2,21(27)28)29-17-5-3-4-15(12-17)14-8-10-25(11-9-14)20(26)18-7-6-16(23)13-19(18)24/h3-7,12-14H,8-11H2,1-2H3,(H,27,28). The molecule has 0 radical (unpaired) electrons. The molecule has 1 fully saturated rings. The predicted octanol–water partition coefficient (Wildman–Crippen LogP) is 4.23. The smallest absolute Gasteiger partial charge is 0.347 e. The zero-order chi connectivity index (χ0) is 21.2. The zero-order valence-electron chi connectivity index (χ0n) is 16.3. The highest BCUT2D eigenvalue weighted by atomic mass is 19.1. The van der Waals surface area contributed by atoms with E-state index in [1.165, 1.54) is 19.9 Å². The number of nitrogens with zero attached hydrogens (tertiary/aromatic N) is 1. The van der Waals surface area contributed by atoms with E-state index in [0.717, 1.165) is 11.6 Å². The Kier molecular flexibility index (Phi) is 5.86. The molecule has 1 heterocycles. The molecule has 1 aliphatic rings.